The summed E-state index contributed by atoms with van der Waals surface area (Å²) in [5, 5.41) is 0. The van der Waals surface area contributed by atoms with E-state index in [0.29, 0.717) is 13.0 Å². The molecule has 0 aromatic heterocycles. The third-order valence-electron chi connectivity index (χ3n) is 4.43. The molecule has 2 aromatic rings. The molecule has 1 unspecified atom stereocenters. The van der Waals surface area contributed by atoms with Gasteiger partial charge in [-0.3, -0.25) is 4.79 Å². The maximum atomic E-state index is 12.2. The van der Waals surface area contributed by atoms with E-state index in [1.165, 1.54) is 16.7 Å². The molecule has 0 saturated heterocycles. The van der Waals surface area contributed by atoms with Crippen molar-refractivity contribution in [2.24, 2.45) is 0 Å². The molecule has 0 bridgehead atoms. The van der Waals surface area contributed by atoms with Crippen LogP contribution in [0.15, 0.2) is 54.6 Å². The van der Waals surface area contributed by atoms with Crippen molar-refractivity contribution in [3.8, 4) is 0 Å². The highest BCUT2D eigenvalue weighted by Gasteiger charge is 2.42. The summed E-state index contributed by atoms with van der Waals surface area (Å²) in [5.41, 5.74) is 3.61. The second-order valence-corrected chi connectivity index (χ2v) is 5.59. The topological polar surface area (TPSA) is 26.3 Å². The summed E-state index contributed by atoms with van der Waals surface area (Å²) in [7, 11) is 0. The minimum atomic E-state index is -0.232. The quantitative estimate of drug-likeness (QED) is 0.795. The van der Waals surface area contributed by atoms with E-state index >= 15 is 0 Å². The predicted octanol–water partition coefficient (Wildman–Crippen LogP) is 3.87. The molecule has 0 radical (unpaired) electrons. The summed E-state index contributed by atoms with van der Waals surface area (Å²) in [4.78, 5) is 12.2. The summed E-state index contributed by atoms with van der Waals surface area (Å²) in [6.45, 7) is 2.29. The Balaban J connectivity index is 2.07. The average molecular weight is 280 g/mol. The third kappa shape index (κ3) is 2.46. The molecular formula is C19H20O2. The van der Waals surface area contributed by atoms with Crippen LogP contribution in [0.4, 0.5) is 0 Å². The Morgan fingerprint density at radius 3 is 2.57 bits per heavy atom. The molecule has 2 heteroatoms. The molecule has 0 N–H and O–H groups in total. The summed E-state index contributed by atoms with van der Waals surface area (Å²) >= 11 is 0. The molecule has 0 aliphatic heterocycles. The van der Waals surface area contributed by atoms with Crippen molar-refractivity contribution in [1.82, 2.24) is 0 Å². The van der Waals surface area contributed by atoms with Gasteiger partial charge in [0.25, 0.3) is 0 Å². The molecule has 1 aliphatic carbocycles. The fourth-order valence-electron chi connectivity index (χ4n) is 3.49. The molecule has 0 heterocycles. The van der Waals surface area contributed by atoms with E-state index < -0.39 is 0 Å². The highest BCUT2D eigenvalue weighted by atomic mass is 16.5. The largest absolute Gasteiger partial charge is 0.466 e. The van der Waals surface area contributed by atoms with Gasteiger partial charge in [-0.25, -0.2) is 0 Å². The van der Waals surface area contributed by atoms with E-state index in [4.69, 9.17) is 4.74 Å². The lowest BCUT2D eigenvalue weighted by Gasteiger charge is -2.30. The summed E-state index contributed by atoms with van der Waals surface area (Å²) in [6, 6.07) is 18.8. The standard InChI is InChI=1S/C19H20O2/c1-2-21-18(20)14-19(16-9-4-3-5-10-16)13-12-15-8-6-7-11-17(15)19/h3-11H,2,12-14H2,1H3. The van der Waals surface area contributed by atoms with Crippen molar-refractivity contribution in [2.75, 3.05) is 6.61 Å². The monoisotopic (exact) mass is 280 g/mol. The van der Waals surface area contributed by atoms with Gasteiger partial charge in [0.15, 0.2) is 0 Å². The Labute approximate surface area is 125 Å². The van der Waals surface area contributed by atoms with Crippen molar-refractivity contribution < 1.29 is 9.53 Å². The lowest BCUT2D eigenvalue weighted by atomic mass is 9.73. The van der Waals surface area contributed by atoms with Gasteiger partial charge in [-0.15, -0.1) is 0 Å². The van der Waals surface area contributed by atoms with Crippen LogP contribution in [0.1, 0.15) is 36.5 Å². The molecule has 0 saturated carbocycles. The molecule has 108 valence electrons. The normalized spacial score (nSPS) is 20.0. The zero-order valence-corrected chi connectivity index (χ0v) is 12.3. The van der Waals surface area contributed by atoms with Gasteiger partial charge in [0.2, 0.25) is 0 Å². The first-order valence-corrected chi connectivity index (χ1v) is 7.56. The zero-order chi connectivity index (χ0) is 14.7. The molecule has 0 amide bonds. The van der Waals surface area contributed by atoms with Crippen LogP contribution in [-0.4, -0.2) is 12.6 Å². The zero-order valence-electron chi connectivity index (χ0n) is 12.3. The van der Waals surface area contributed by atoms with Crippen molar-refractivity contribution in [2.45, 2.75) is 31.6 Å². The van der Waals surface area contributed by atoms with E-state index in [1.807, 2.05) is 25.1 Å². The Bertz CT molecular complexity index is 633. The van der Waals surface area contributed by atoms with Crippen molar-refractivity contribution >= 4 is 5.97 Å². The average Bonchev–Trinajstić information content (AvgIpc) is 2.89. The van der Waals surface area contributed by atoms with E-state index in [2.05, 4.69) is 36.4 Å². The van der Waals surface area contributed by atoms with Gasteiger partial charge in [0.05, 0.1) is 13.0 Å². The van der Waals surface area contributed by atoms with Gasteiger partial charge in [0, 0.05) is 5.41 Å². The van der Waals surface area contributed by atoms with Crippen LogP contribution in [0.3, 0.4) is 0 Å². The number of hydrogen-bond acceptors (Lipinski definition) is 2. The molecule has 2 aromatic carbocycles. The number of esters is 1. The maximum absolute atomic E-state index is 12.2. The maximum Gasteiger partial charge on any atom is 0.307 e. The lowest BCUT2D eigenvalue weighted by molar-refractivity contribution is -0.144. The Morgan fingerprint density at radius 2 is 1.81 bits per heavy atom. The second kappa shape index (κ2) is 5.72. The SMILES string of the molecule is CCOC(=O)CC1(c2ccccc2)CCc2ccccc21. The number of rotatable bonds is 4. The minimum absolute atomic E-state index is 0.113. The summed E-state index contributed by atoms with van der Waals surface area (Å²) in [6.07, 6.45) is 2.40. The number of ether oxygens (including phenoxy) is 1. The van der Waals surface area contributed by atoms with Gasteiger partial charge in [0.1, 0.15) is 0 Å². The van der Waals surface area contributed by atoms with Crippen LogP contribution >= 0.6 is 0 Å². The third-order valence-corrected chi connectivity index (χ3v) is 4.43. The molecule has 1 atom stereocenters. The summed E-state index contributed by atoms with van der Waals surface area (Å²) in [5.74, 6) is -0.113. The van der Waals surface area contributed by atoms with Gasteiger partial charge < -0.3 is 4.74 Å². The first-order valence-electron chi connectivity index (χ1n) is 7.56. The van der Waals surface area contributed by atoms with Gasteiger partial charge in [-0.05, 0) is 36.5 Å². The van der Waals surface area contributed by atoms with Crippen LogP contribution < -0.4 is 0 Å². The Hall–Kier alpha value is -2.09. The van der Waals surface area contributed by atoms with Crippen molar-refractivity contribution in [1.29, 1.82) is 0 Å². The fourth-order valence-corrected chi connectivity index (χ4v) is 3.49. The number of benzene rings is 2. The minimum Gasteiger partial charge on any atom is -0.466 e. The number of fused-ring (bicyclic) bond motifs is 1. The molecule has 1 aliphatic rings. The van der Waals surface area contributed by atoms with E-state index in [1.54, 1.807) is 0 Å². The van der Waals surface area contributed by atoms with E-state index in [9.17, 15) is 4.79 Å². The molecular weight excluding hydrogens is 260 g/mol. The van der Waals surface area contributed by atoms with Crippen LogP contribution in [-0.2, 0) is 21.4 Å². The van der Waals surface area contributed by atoms with Gasteiger partial charge >= 0.3 is 5.97 Å². The first-order chi connectivity index (χ1) is 10.3. The summed E-state index contributed by atoms with van der Waals surface area (Å²) < 4.78 is 5.23. The van der Waals surface area contributed by atoms with Crippen LogP contribution in [0, 0.1) is 0 Å². The number of hydrogen-bond donors (Lipinski definition) is 0. The first kappa shape index (κ1) is 13.9. The van der Waals surface area contributed by atoms with Crippen LogP contribution in [0.25, 0.3) is 0 Å². The molecule has 0 fully saturated rings. The molecule has 2 nitrogen and oxygen atoms in total. The van der Waals surface area contributed by atoms with E-state index in [0.717, 1.165) is 12.8 Å². The Morgan fingerprint density at radius 1 is 1.10 bits per heavy atom. The lowest BCUT2D eigenvalue weighted by Crippen LogP contribution is -2.29. The molecule has 3 rings (SSSR count). The van der Waals surface area contributed by atoms with Crippen LogP contribution in [0.2, 0.25) is 0 Å². The molecule has 0 spiro atoms. The number of carbonyl (C=O) groups excluding carboxylic acids is 1. The molecule has 21 heavy (non-hydrogen) atoms. The second-order valence-electron chi connectivity index (χ2n) is 5.59. The number of carbonyl (C=O) groups is 1. The fraction of sp³-hybridized carbons (Fsp3) is 0.316. The van der Waals surface area contributed by atoms with E-state index in [-0.39, 0.29) is 11.4 Å². The highest BCUT2D eigenvalue weighted by Crippen LogP contribution is 2.46. The van der Waals surface area contributed by atoms with Crippen molar-refractivity contribution in [3.05, 3.63) is 71.3 Å². The van der Waals surface area contributed by atoms with Gasteiger partial charge in [-0.2, -0.15) is 0 Å². The smallest absolute Gasteiger partial charge is 0.307 e. The van der Waals surface area contributed by atoms with Crippen LogP contribution in [0.5, 0.6) is 0 Å². The number of aryl methyl sites for hydroxylation is 1. The Kier molecular flexibility index (Phi) is 3.78. The van der Waals surface area contributed by atoms with Crippen molar-refractivity contribution in [3.63, 3.8) is 0 Å². The predicted molar refractivity (Wildman–Crippen MR) is 83.2 cm³/mol. The highest BCUT2D eigenvalue weighted by molar-refractivity contribution is 5.73. The van der Waals surface area contributed by atoms with Gasteiger partial charge in [-0.1, -0.05) is 54.6 Å².